The number of nitrogens with one attached hydrogen (secondary N) is 2. The largest absolute Gasteiger partial charge is 0.573 e. The average molecular weight is 457 g/mol. The fourth-order valence-corrected chi connectivity index (χ4v) is 3.62. The van der Waals surface area contributed by atoms with Crippen LogP contribution in [-0.4, -0.2) is 35.7 Å². The number of hydrogen-bond donors (Lipinski definition) is 2. The fourth-order valence-electron chi connectivity index (χ4n) is 3.62. The topological polar surface area (TPSA) is 87.7 Å². The molecule has 1 fully saturated rings. The predicted molar refractivity (Wildman–Crippen MR) is 113 cm³/mol. The van der Waals surface area contributed by atoms with E-state index in [0.29, 0.717) is 5.56 Å². The van der Waals surface area contributed by atoms with E-state index in [-0.39, 0.29) is 5.69 Å². The Morgan fingerprint density at radius 3 is 2.36 bits per heavy atom. The fraction of sp³-hybridized carbons (Fsp3) is 0.174. The van der Waals surface area contributed by atoms with Crippen molar-refractivity contribution < 1.29 is 32.3 Å². The summed E-state index contributed by atoms with van der Waals surface area (Å²) in [7, 11) is 0. The lowest BCUT2D eigenvalue weighted by atomic mass is 9.90. The number of urea groups is 1. The molecule has 1 atom stereocenters. The van der Waals surface area contributed by atoms with Crippen LogP contribution < -0.4 is 15.4 Å². The standard InChI is InChI=1S/C23H18F3N3O4/c1-22(16-7-6-14-4-2-3-5-15(14)12-16)20(31)29(21(32)28-22)13-19(30)27-17-8-10-18(11-9-17)33-23(24,25)26/h2-12H,13H2,1H3,(H,27,30)(H,28,32). The van der Waals surface area contributed by atoms with Gasteiger partial charge < -0.3 is 15.4 Å². The van der Waals surface area contributed by atoms with E-state index in [9.17, 15) is 27.6 Å². The van der Waals surface area contributed by atoms with Crippen molar-refractivity contribution in [2.75, 3.05) is 11.9 Å². The van der Waals surface area contributed by atoms with Crippen LogP contribution >= 0.6 is 0 Å². The van der Waals surface area contributed by atoms with Gasteiger partial charge in [-0.25, -0.2) is 4.79 Å². The molecule has 1 unspecified atom stereocenters. The van der Waals surface area contributed by atoms with Gasteiger partial charge in [-0.1, -0.05) is 36.4 Å². The minimum absolute atomic E-state index is 0.180. The average Bonchev–Trinajstić information content (AvgIpc) is 2.97. The van der Waals surface area contributed by atoms with E-state index in [1.54, 1.807) is 13.0 Å². The molecule has 4 rings (SSSR count). The molecule has 0 aromatic heterocycles. The predicted octanol–water partition coefficient (Wildman–Crippen LogP) is 4.14. The normalized spacial score (nSPS) is 18.4. The van der Waals surface area contributed by atoms with Crippen LogP contribution in [0.25, 0.3) is 10.8 Å². The third-order valence-corrected chi connectivity index (χ3v) is 5.28. The van der Waals surface area contributed by atoms with Crippen molar-refractivity contribution in [2.24, 2.45) is 0 Å². The Morgan fingerprint density at radius 2 is 1.70 bits per heavy atom. The van der Waals surface area contributed by atoms with Crippen LogP contribution in [0.4, 0.5) is 23.7 Å². The minimum Gasteiger partial charge on any atom is -0.406 e. The van der Waals surface area contributed by atoms with Crippen molar-refractivity contribution >= 4 is 34.3 Å². The molecule has 4 amide bonds. The Balaban J connectivity index is 1.45. The summed E-state index contributed by atoms with van der Waals surface area (Å²) in [6, 6.07) is 16.7. The quantitative estimate of drug-likeness (QED) is 0.564. The van der Waals surface area contributed by atoms with Gasteiger partial charge in [0.05, 0.1) is 0 Å². The lowest BCUT2D eigenvalue weighted by molar-refractivity contribution is -0.274. The molecule has 2 N–H and O–H groups in total. The van der Waals surface area contributed by atoms with Gasteiger partial charge in [-0.15, -0.1) is 13.2 Å². The first-order valence-corrected chi connectivity index (χ1v) is 9.84. The van der Waals surface area contributed by atoms with Gasteiger partial charge in [-0.3, -0.25) is 14.5 Å². The van der Waals surface area contributed by atoms with Gasteiger partial charge in [0.25, 0.3) is 5.91 Å². The summed E-state index contributed by atoms with van der Waals surface area (Å²) in [5.74, 6) is -1.72. The van der Waals surface area contributed by atoms with Gasteiger partial charge in [0.2, 0.25) is 5.91 Å². The van der Waals surface area contributed by atoms with E-state index in [2.05, 4.69) is 15.4 Å². The maximum atomic E-state index is 13.1. The van der Waals surface area contributed by atoms with Gasteiger partial charge in [0, 0.05) is 5.69 Å². The van der Waals surface area contributed by atoms with Crippen molar-refractivity contribution in [2.45, 2.75) is 18.8 Å². The Bertz CT molecular complexity index is 1240. The molecular weight excluding hydrogens is 439 g/mol. The summed E-state index contributed by atoms with van der Waals surface area (Å²) in [6.45, 7) is 1.00. The van der Waals surface area contributed by atoms with E-state index < -0.39 is 42.0 Å². The van der Waals surface area contributed by atoms with Crippen LogP contribution in [0.15, 0.2) is 66.7 Å². The number of halogens is 3. The molecule has 0 saturated carbocycles. The third kappa shape index (κ3) is 4.59. The summed E-state index contributed by atoms with van der Waals surface area (Å²) >= 11 is 0. The molecule has 1 aliphatic rings. The molecule has 0 spiro atoms. The summed E-state index contributed by atoms with van der Waals surface area (Å²) in [5.41, 5.74) is -0.598. The molecule has 10 heteroatoms. The van der Waals surface area contributed by atoms with Crippen LogP contribution in [-0.2, 0) is 15.1 Å². The van der Waals surface area contributed by atoms with Crippen molar-refractivity contribution in [3.05, 3.63) is 72.3 Å². The van der Waals surface area contributed by atoms with Gasteiger partial charge in [0.1, 0.15) is 17.8 Å². The Hall–Kier alpha value is -4.08. The first-order chi connectivity index (χ1) is 15.5. The molecular formula is C23H18F3N3O4. The molecule has 0 bridgehead atoms. The van der Waals surface area contributed by atoms with Gasteiger partial charge >= 0.3 is 12.4 Å². The van der Waals surface area contributed by atoms with Crippen molar-refractivity contribution in [3.63, 3.8) is 0 Å². The van der Waals surface area contributed by atoms with E-state index in [1.165, 1.54) is 12.1 Å². The zero-order valence-corrected chi connectivity index (χ0v) is 17.3. The summed E-state index contributed by atoms with van der Waals surface area (Å²) in [6.07, 6.45) is -4.83. The third-order valence-electron chi connectivity index (χ3n) is 5.28. The number of fused-ring (bicyclic) bond motifs is 1. The summed E-state index contributed by atoms with van der Waals surface area (Å²) < 4.78 is 40.5. The highest BCUT2D eigenvalue weighted by Crippen LogP contribution is 2.31. The molecule has 170 valence electrons. The maximum absolute atomic E-state index is 13.1. The number of nitrogens with zero attached hydrogens (tertiary/aromatic N) is 1. The molecule has 7 nitrogen and oxygen atoms in total. The smallest absolute Gasteiger partial charge is 0.406 e. The van der Waals surface area contributed by atoms with Gasteiger partial charge in [-0.2, -0.15) is 0 Å². The molecule has 0 radical (unpaired) electrons. The van der Waals surface area contributed by atoms with Crippen molar-refractivity contribution in [1.29, 1.82) is 0 Å². The molecule has 0 aliphatic carbocycles. The Kier molecular flexibility index (Phi) is 5.44. The van der Waals surface area contributed by atoms with E-state index in [1.807, 2.05) is 36.4 Å². The van der Waals surface area contributed by atoms with E-state index in [4.69, 9.17) is 0 Å². The van der Waals surface area contributed by atoms with Crippen LogP contribution in [0.1, 0.15) is 12.5 Å². The molecule has 3 aromatic carbocycles. The highest BCUT2D eigenvalue weighted by atomic mass is 19.4. The highest BCUT2D eigenvalue weighted by molar-refractivity contribution is 6.10. The Labute approximate surface area is 186 Å². The van der Waals surface area contributed by atoms with Crippen LogP contribution in [0, 0.1) is 0 Å². The van der Waals surface area contributed by atoms with Crippen LogP contribution in [0.5, 0.6) is 5.75 Å². The summed E-state index contributed by atoms with van der Waals surface area (Å²) in [5, 5.41) is 6.96. The molecule has 1 heterocycles. The lowest BCUT2D eigenvalue weighted by Gasteiger charge is -2.22. The number of carbonyl (C=O) groups excluding carboxylic acids is 3. The van der Waals surface area contributed by atoms with Gasteiger partial charge in [-0.05, 0) is 53.6 Å². The number of imide groups is 1. The number of anilines is 1. The maximum Gasteiger partial charge on any atom is 0.573 e. The number of rotatable bonds is 5. The number of hydrogen-bond acceptors (Lipinski definition) is 4. The van der Waals surface area contributed by atoms with Gasteiger partial charge in [0.15, 0.2) is 0 Å². The number of ether oxygens (including phenoxy) is 1. The first-order valence-electron chi connectivity index (χ1n) is 9.84. The van der Waals surface area contributed by atoms with Crippen molar-refractivity contribution in [3.8, 4) is 5.75 Å². The number of amides is 4. The van der Waals surface area contributed by atoms with E-state index in [0.717, 1.165) is 27.8 Å². The second-order valence-electron chi connectivity index (χ2n) is 7.63. The Morgan fingerprint density at radius 1 is 1.03 bits per heavy atom. The number of carbonyl (C=O) groups is 3. The van der Waals surface area contributed by atoms with Crippen LogP contribution in [0.2, 0.25) is 0 Å². The van der Waals surface area contributed by atoms with E-state index >= 15 is 0 Å². The lowest BCUT2D eigenvalue weighted by Crippen LogP contribution is -2.42. The molecule has 1 saturated heterocycles. The zero-order chi connectivity index (χ0) is 23.8. The molecule has 1 aliphatic heterocycles. The zero-order valence-electron chi connectivity index (χ0n) is 17.3. The van der Waals surface area contributed by atoms with Crippen LogP contribution in [0.3, 0.4) is 0 Å². The number of alkyl halides is 3. The number of benzene rings is 3. The summed E-state index contributed by atoms with van der Waals surface area (Å²) in [4.78, 5) is 38.8. The first kappa shape index (κ1) is 22.1. The second kappa shape index (κ2) is 8.12. The monoisotopic (exact) mass is 457 g/mol. The minimum atomic E-state index is -4.83. The van der Waals surface area contributed by atoms with Crippen molar-refractivity contribution in [1.82, 2.24) is 10.2 Å². The SMILES string of the molecule is CC1(c2ccc3ccccc3c2)NC(=O)N(CC(=O)Nc2ccc(OC(F)(F)F)cc2)C1=O. The molecule has 3 aromatic rings. The molecule has 33 heavy (non-hydrogen) atoms. The highest BCUT2D eigenvalue weighted by Gasteiger charge is 2.49. The second-order valence-corrected chi connectivity index (χ2v) is 7.63.